The molecule has 1 N–H and O–H groups in total. The number of hydrogen-bond acceptors (Lipinski definition) is 3. The fraction of sp³-hybridized carbons (Fsp3) is 0.238. The number of amides is 2. The number of urea groups is 1. The summed E-state index contributed by atoms with van der Waals surface area (Å²) in [6, 6.07) is 11.7. The number of benzene rings is 2. The smallest absolute Gasteiger partial charge is 0.416 e. The first-order valence-electron chi connectivity index (χ1n) is 8.92. The van der Waals surface area contributed by atoms with Gasteiger partial charge in [0.25, 0.3) is 0 Å². The molecule has 0 spiro atoms. The molecule has 2 aromatic carbocycles. The van der Waals surface area contributed by atoms with Crippen LogP contribution in [0, 0.1) is 0 Å². The first-order valence-corrected chi connectivity index (χ1v) is 8.92. The average molecular weight is 404 g/mol. The maximum absolute atomic E-state index is 12.9. The quantitative estimate of drug-likeness (QED) is 0.770. The summed E-state index contributed by atoms with van der Waals surface area (Å²) in [6.07, 6.45) is -4.48. The first kappa shape index (κ1) is 20.4. The first-order chi connectivity index (χ1) is 13.7. The van der Waals surface area contributed by atoms with Crippen molar-refractivity contribution in [2.45, 2.75) is 19.1 Å². The van der Waals surface area contributed by atoms with Crippen LogP contribution in [-0.2, 0) is 15.7 Å². The molecule has 1 atom stereocenters. The van der Waals surface area contributed by atoms with Crippen molar-refractivity contribution in [3.05, 3.63) is 76.9 Å². The molecule has 1 aliphatic heterocycles. The topological polar surface area (TPSA) is 58.6 Å². The number of nitrogens with one attached hydrogen (secondary N) is 1. The molecular formula is C21H19F3N2O3. The lowest BCUT2D eigenvalue weighted by atomic mass is 9.91. The molecule has 3 rings (SSSR count). The van der Waals surface area contributed by atoms with Gasteiger partial charge in [-0.3, -0.25) is 4.90 Å². The lowest BCUT2D eigenvalue weighted by Crippen LogP contribution is -2.46. The van der Waals surface area contributed by atoms with Crippen molar-refractivity contribution in [2.75, 3.05) is 13.7 Å². The van der Waals surface area contributed by atoms with Gasteiger partial charge in [-0.15, -0.1) is 0 Å². The van der Waals surface area contributed by atoms with E-state index in [-0.39, 0.29) is 12.2 Å². The molecule has 2 amide bonds. The van der Waals surface area contributed by atoms with Crippen molar-refractivity contribution in [3.8, 4) is 0 Å². The molecule has 152 valence electrons. The molecule has 0 bridgehead atoms. The highest BCUT2D eigenvalue weighted by molar-refractivity contribution is 6.04. The second-order valence-electron chi connectivity index (χ2n) is 6.41. The van der Waals surface area contributed by atoms with Crippen LogP contribution in [0.25, 0.3) is 5.70 Å². The number of carbonyl (C=O) groups is 2. The average Bonchev–Trinajstić information content (AvgIpc) is 2.70. The van der Waals surface area contributed by atoms with E-state index in [1.54, 1.807) is 37.3 Å². The third-order valence-electron chi connectivity index (χ3n) is 4.57. The summed E-state index contributed by atoms with van der Waals surface area (Å²) in [6.45, 7) is 1.76. The molecule has 0 saturated heterocycles. The number of halogens is 3. The lowest BCUT2D eigenvalue weighted by molar-refractivity contribution is -0.139. The van der Waals surface area contributed by atoms with Gasteiger partial charge < -0.3 is 10.1 Å². The van der Waals surface area contributed by atoms with Gasteiger partial charge in [-0.05, 0) is 30.2 Å². The SMILES string of the molecule is CCOC(=O)C1=C(c2ccccc2)N(C)C(=O)N[C@@H]1c1ccc(C(F)(F)F)cc1. The Morgan fingerprint density at radius 2 is 1.72 bits per heavy atom. The molecule has 1 heterocycles. The molecule has 0 aromatic heterocycles. The Morgan fingerprint density at radius 1 is 1.10 bits per heavy atom. The van der Waals surface area contributed by atoms with E-state index in [9.17, 15) is 22.8 Å². The van der Waals surface area contributed by atoms with Gasteiger partial charge in [0.2, 0.25) is 0 Å². The van der Waals surface area contributed by atoms with Crippen molar-refractivity contribution in [2.24, 2.45) is 0 Å². The molecule has 2 aromatic rings. The van der Waals surface area contributed by atoms with Gasteiger partial charge in [0.05, 0.1) is 29.5 Å². The minimum absolute atomic E-state index is 0.113. The van der Waals surface area contributed by atoms with Crippen LogP contribution >= 0.6 is 0 Å². The molecular weight excluding hydrogens is 385 g/mol. The molecule has 1 aliphatic rings. The van der Waals surface area contributed by atoms with Crippen LogP contribution in [0.2, 0.25) is 0 Å². The maximum atomic E-state index is 12.9. The van der Waals surface area contributed by atoms with Gasteiger partial charge in [-0.2, -0.15) is 13.2 Å². The number of alkyl halides is 3. The van der Waals surface area contributed by atoms with Gasteiger partial charge in [0, 0.05) is 7.05 Å². The molecule has 0 unspecified atom stereocenters. The summed E-state index contributed by atoms with van der Waals surface area (Å²) in [7, 11) is 1.51. The number of nitrogens with zero attached hydrogens (tertiary/aromatic N) is 1. The van der Waals surface area contributed by atoms with E-state index >= 15 is 0 Å². The van der Waals surface area contributed by atoms with Crippen molar-refractivity contribution in [1.29, 1.82) is 0 Å². The third-order valence-corrected chi connectivity index (χ3v) is 4.57. The second kappa shape index (κ2) is 7.98. The van der Waals surface area contributed by atoms with E-state index in [0.717, 1.165) is 12.1 Å². The number of carbonyl (C=O) groups excluding carboxylic acids is 2. The highest BCUT2D eigenvalue weighted by Gasteiger charge is 2.38. The van der Waals surface area contributed by atoms with E-state index in [1.165, 1.54) is 24.1 Å². The Kier molecular flexibility index (Phi) is 5.63. The highest BCUT2D eigenvalue weighted by Crippen LogP contribution is 2.37. The predicted octanol–water partition coefficient (Wildman–Crippen LogP) is 4.38. The van der Waals surface area contributed by atoms with Crippen LogP contribution < -0.4 is 5.32 Å². The highest BCUT2D eigenvalue weighted by atomic mass is 19.4. The third kappa shape index (κ3) is 4.11. The Balaban J connectivity index is 2.17. The molecule has 0 aliphatic carbocycles. The second-order valence-corrected chi connectivity index (χ2v) is 6.41. The number of hydrogen-bond donors (Lipinski definition) is 1. The summed E-state index contributed by atoms with van der Waals surface area (Å²) in [4.78, 5) is 26.7. The fourth-order valence-electron chi connectivity index (χ4n) is 3.19. The maximum Gasteiger partial charge on any atom is 0.416 e. The Hall–Kier alpha value is -3.29. The number of ether oxygens (including phenoxy) is 1. The van der Waals surface area contributed by atoms with Crippen LogP contribution in [0.5, 0.6) is 0 Å². The monoisotopic (exact) mass is 404 g/mol. The normalized spacial score (nSPS) is 17.2. The van der Waals surface area contributed by atoms with Crippen LogP contribution in [0.4, 0.5) is 18.0 Å². The van der Waals surface area contributed by atoms with E-state index in [1.807, 2.05) is 0 Å². The van der Waals surface area contributed by atoms with Gasteiger partial charge in [-0.1, -0.05) is 42.5 Å². The van der Waals surface area contributed by atoms with E-state index in [4.69, 9.17) is 4.74 Å². The van der Waals surface area contributed by atoms with E-state index in [2.05, 4.69) is 5.32 Å². The van der Waals surface area contributed by atoms with Crippen molar-refractivity contribution < 1.29 is 27.5 Å². The molecule has 0 saturated carbocycles. The molecule has 0 fully saturated rings. The Bertz CT molecular complexity index is 938. The number of rotatable bonds is 4. The van der Waals surface area contributed by atoms with Gasteiger partial charge in [0.1, 0.15) is 0 Å². The lowest BCUT2D eigenvalue weighted by Gasteiger charge is -2.34. The fourth-order valence-corrected chi connectivity index (χ4v) is 3.19. The minimum Gasteiger partial charge on any atom is -0.463 e. The van der Waals surface area contributed by atoms with Gasteiger partial charge >= 0.3 is 18.2 Å². The largest absolute Gasteiger partial charge is 0.463 e. The molecule has 8 heteroatoms. The Labute approximate surface area is 165 Å². The zero-order valence-electron chi connectivity index (χ0n) is 15.8. The predicted molar refractivity (Wildman–Crippen MR) is 100 cm³/mol. The summed E-state index contributed by atoms with van der Waals surface area (Å²) in [5.74, 6) is -0.650. The summed E-state index contributed by atoms with van der Waals surface area (Å²) in [5, 5.41) is 2.68. The molecule has 0 radical (unpaired) electrons. The van der Waals surface area contributed by atoms with Crippen molar-refractivity contribution in [1.82, 2.24) is 10.2 Å². The van der Waals surface area contributed by atoms with Gasteiger partial charge in [0.15, 0.2) is 0 Å². The van der Waals surface area contributed by atoms with Crippen molar-refractivity contribution >= 4 is 17.7 Å². The Morgan fingerprint density at radius 3 is 2.28 bits per heavy atom. The van der Waals surface area contributed by atoms with Crippen molar-refractivity contribution in [3.63, 3.8) is 0 Å². The van der Waals surface area contributed by atoms with E-state index in [0.29, 0.717) is 16.8 Å². The standard InChI is InChI=1S/C21H19F3N2O3/c1-3-29-19(27)16-17(13-9-11-15(12-10-13)21(22,23)24)25-20(28)26(2)18(16)14-7-5-4-6-8-14/h4-12,17H,3H2,1-2H3,(H,25,28)/t17-/m1/s1. The molecule has 5 nitrogen and oxygen atoms in total. The number of esters is 1. The zero-order chi connectivity index (χ0) is 21.2. The van der Waals surface area contributed by atoms with Crippen LogP contribution in [0.3, 0.4) is 0 Å². The van der Waals surface area contributed by atoms with E-state index < -0.39 is 29.8 Å². The van der Waals surface area contributed by atoms with Crippen LogP contribution in [0.15, 0.2) is 60.2 Å². The van der Waals surface area contributed by atoms with Crippen LogP contribution in [0.1, 0.15) is 29.7 Å². The van der Waals surface area contributed by atoms with Gasteiger partial charge in [-0.25, -0.2) is 9.59 Å². The molecule has 29 heavy (non-hydrogen) atoms. The van der Waals surface area contributed by atoms with Crippen LogP contribution in [-0.4, -0.2) is 30.6 Å². The zero-order valence-corrected chi connectivity index (χ0v) is 15.8. The summed E-state index contributed by atoms with van der Waals surface area (Å²) >= 11 is 0. The summed E-state index contributed by atoms with van der Waals surface area (Å²) < 4.78 is 43.9. The summed E-state index contributed by atoms with van der Waals surface area (Å²) in [5.41, 5.74) is 0.642. The minimum atomic E-state index is -4.48.